The van der Waals surface area contributed by atoms with Crippen LogP contribution in [0.5, 0.6) is 5.88 Å². The second-order valence-corrected chi connectivity index (χ2v) is 6.02. The zero-order valence-electron chi connectivity index (χ0n) is 13.2. The smallest absolute Gasteiger partial charge is 0.271 e. The van der Waals surface area contributed by atoms with Gasteiger partial charge in [-0.3, -0.25) is 14.3 Å². The maximum Gasteiger partial charge on any atom is 0.271 e. The predicted octanol–water partition coefficient (Wildman–Crippen LogP) is 1.10. The monoisotopic (exact) mass is 305 g/mol. The highest BCUT2D eigenvalue weighted by Crippen LogP contribution is 2.25. The fourth-order valence-electron chi connectivity index (χ4n) is 2.97. The average Bonchev–Trinajstić information content (AvgIpc) is 2.49. The minimum atomic E-state index is -0.777. The minimum Gasteiger partial charge on any atom is -0.494 e. The summed E-state index contributed by atoms with van der Waals surface area (Å²) in [6.07, 6.45) is 2.68. The molecule has 1 aliphatic rings. The number of aliphatic hydroxyl groups is 1. The van der Waals surface area contributed by atoms with Crippen LogP contribution in [0.1, 0.15) is 42.9 Å². The van der Waals surface area contributed by atoms with Crippen LogP contribution in [-0.4, -0.2) is 38.9 Å². The van der Waals surface area contributed by atoms with E-state index in [2.05, 4.69) is 4.90 Å². The zero-order valence-corrected chi connectivity index (χ0v) is 13.2. The molecule has 0 spiro atoms. The van der Waals surface area contributed by atoms with Gasteiger partial charge in [0, 0.05) is 12.1 Å². The molecule has 1 fully saturated rings. The molecule has 6 nitrogen and oxygen atoms in total. The van der Waals surface area contributed by atoms with Crippen molar-refractivity contribution in [3.05, 3.63) is 27.0 Å². The lowest BCUT2D eigenvalue weighted by molar-refractivity contribution is 0.165. The van der Waals surface area contributed by atoms with Crippen molar-refractivity contribution in [2.24, 2.45) is 0 Å². The van der Waals surface area contributed by atoms with Gasteiger partial charge in [-0.15, -0.1) is 0 Å². The van der Waals surface area contributed by atoms with Gasteiger partial charge in [0.05, 0.1) is 12.6 Å². The minimum absolute atomic E-state index is 0.0212. The molecule has 2 N–H and O–H groups in total. The van der Waals surface area contributed by atoms with E-state index in [9.17, 15) is 20.3 Å². The Balaban J connectivity index is 2.47. The number of aromatic hydroxyl groups is 1. The molecule has 0 amide bonds. The Morgan fingerprint density at radius 2 is 1.95 bits per heavy atom. The number of nitriles is 1. The number of hydrogen-bond acceptors (Lipinski definition) is 5. The Kier molecular flexibility index (Phi) is 5.22. The molecule has 1 aromatic heterocycles. The van der Waals surface area contributed by atoms with Crippen molar-refractivity contribution in [2.75, 3.05) is 13.1 Å². The number of aliphatic hydroxyl groups excluding tert-OH is 1. The third kappa shape index (κ3) is 3.32. The van der Waals surface area contributed by atoms with E-state index in [-0.39, 0.29) is 18.0 Å². The van der Waals surface area contributed by atoms with Crippen molar-refractivity contribution in [2.45, 2.75) is 52.3 Å². The van der Waals surface area contributed by atoms with E-state index in [0.29, 0.717) is 17.7 Å². The molecule has 6 heteroatoms. The maximum absolute atomic E-state index is 12.3. The molecular formula is C16H23N3O3. The molecule has 2 heterocycles. The highest BCUT2D eigenvalue weighted by molar-refractivity contribution is 5.45. The first kappa shape index (κ1) is 16.5. The Morgan fingerprint density at radius 1 is 1.32 bits per heavy atom. The molecule has 0 bridgehead atoms. The van der Waals surface area contributed by atoms with E-state index < -0.39 is 11.7 Å². The fraction of sp³-hybridized carbons (Fsp3) is 0.625. The van der Waals surface area contributed by atoms with Gasteiger partial charge in [-0.2, -0.15) is 5.26 Å². The second-order valence-electron chi connectivity index (χ2n) is 6.02. The SMILES string of the molecule is Cc1c(CN2CCCCC2)c(O)n(C[C@@H](C)O)c(=O)c1C#N. The van der Waals surface area contributed by atoms with Gasteiger partial charge >= 0.3 is 0 Å². The first-order chi connectivity index (χ1) is 10.5. The Bertz CT molecular complexity index is 638. The first-order valence-corrected chi connectivity index (χ1v) is 7.71. The summed E-state index contributed by atoms with van der Waals surface area (Å²) in [5.74, 6) is -0.132. The van der Waals surface area contributed by atoms with Gasteiger partial charge in [-0.25, -0.2) is 0 Å². The number of aromatic nitrogens is 1. The summed E-state index contributed by atoms with van der Waals surface area (Å²) in [5.41, 5.74) is 0.655. The number of piperidine rings is 1. The van der Waals surface area contributed by atoms with Gasteiger partial charge < -0.3 is 10.2 Å². The molecule has 1 aromatic rings. The third-order valence-electron chi connectivity index (χ3n) is 4.20. The quantitative estimate of drug-likeness (QED) is 0.869. The van der Waals surface area contributed by atoms with Crippen LogP contribution in [-0.2, 0) is 13.1 Å². The van der Waals surface area contributed by atoms with Crippen LogP contribution in [0.2, 0.25) is 0 Å². The van der Waals surface area contributed by atoms with E-state index in [1.165, 1.54) is 6.42 Å². The number of hydrogen-bond donors (Lipinski definition) is 2. The largest absolute Gasteiger partial charge is 0.494 e. The van der Waals surface area contributed by atoms with Crippen molar-refractivity contribution in [1.82, 2.24) is 9.47 Å². The predicted molar refractivity (Wildman–Crippen MR) is 82.6 cm³/mol. The molecule has 0 radical (unpaired) electrons. The van der Waals surface area contributed by atoms with Crippen LogP contribution >= 0.6 is 0 Å². The maximum atomic E-state index is 12.3. The molecule has 120 valence electrons. The van der Waals surface area contributed by atoms with E-state index in [1.807, 2.05) is 6.07 Å². The number of likely N-dealkylation sites (tertiary alicyclic amines) is 1. The van der Waals surface area contributed by atoms with Gasteiger partial charge in [0.2, 0.25) is 0 Å². The van der Waals surface area contributed by atoms with Crippen molar-refractivity contribution in [1.29, 1.82) is 5.26 Å². The molecular weight excluding hydrogens is 282 g/mol. The molecule has 1 aliphatic heterocycles. The third-order valence-corrected chi connectivity index (χ3v) is 4.20. The van der Waals surface area contributed by atoms with Crippen molar-refractivity contribution in [3.63, 3.8) is 0 Å². The Hall–Kier alpha value is -1.84. The molecule has 2 rings (SSSR count). The molecule has 0 unspecified atom stereocenters. The van der Waals surface area contributed by atoms with Gasteiger partial charge in [0.1, 0.15) is 11.6 Å². The lowest BCUT2D eigenvalue weighted by atomic mass is 10.0. The fourth-order valence-corrected chi connectivity index (χ4v) is 2.97. The highest BCUT2D eigenvalue weighted by atomic mass is 16.3. The van der Waals surface area contributed by atoms with Crippen LogP contribution in [0, 0.1) is 18.3 Å². The number of nitrogens with zero attached hydrogens (tertiary/aromatic N) is 3. The molecule has 0 saturated carbocycles. The number of rotatable bonds is 4. The average molecular weight is 305 g/mol. The summed E-state index contributed by atoms with van der Waals surface area (Å²) >= 11 is 0. The topological polar surface area (TPSA) is 89.5 Å². The summed E-state index contributed by atoms with van der Waals surface area (Å²) in [6.45, 7) is 5.65. The standard InChI is InChI=1S/C16H23N3O3/c1-11(20)9-19-15(21)13(8-17)12(2)14(16(19)22)10-18-6-4-3-5-7-18/h11,20,22H,3-7,9-10H2,1-2H3/t11-/m1/s1. The molecule has 0 aromatic carbocycles. The van der Waals surface area contributed by atoms with Crippen LogP contribution < -0.4 is 5.56 Å². The summed E-state index contributed by atoms with van der Waals surface area (Å²) < 4.78 is 1.11. The van der Waals surface area contributed by atoms with Gasteiger partial charge in [-0.1, -0.05) is 6.42 Å². The van der Waals surface area contributed by atoms with Crippen molar-refractivity contribution < 1.29 is 10.2 Å². The molecule has 1 saturated heterocycles. The van der Waals surface area contributed by atoms with Crippen molar-refractivity contribution in [3.8, 4) is 11.9 Å². The Labute approximate surface area is 130 Å². The zero-order chi connectivity index (χ0) is 16.3. The lowest BCUT2D eigenvalue weighted by Crippen LogP contribution is -2.33. The van der Waals surface area contributed by atoms with E-state index in [1.54, 1.807) is 13.8 Å². The normalized spacial score (nSPS) is 17.2. The van der Waals surface area contributed by atoms with Crippen LogP contribution in [0.4, 0.5) is 0 Å². The molecule has 22 heavy (non-hydrogen) atoms. The summed E-state index contributed by atoms with van der Waals surface area (Å²) in [7, 11) is 0. The molecule has 1 atom stereocenters. The summed E-state index contributed by atoms with van der Waals surface area (Å²) in [6, 6.07) is 1.94. The van der Waals surface area contributed by atoms with Crippen LogP contribution in [0.25, 0.3) is 0 Å². The van der Waals surface area contributed by atoms with E-state index in [0.717, 1.165) is 30.5 Å². The summed E-state index contributed by atoms with van der Waals surface area (Å²) in [5, 5.41) is 29.3. The lowest BCUT2D eigenvalue weighted by Gasteiger charge is -2.28. The van der Waals surface area contributed by atoms with E-state index in [4.69, 9.17) is 0 Å². The highest BCUT2D eigenvalue weighted by Gasteiger charge is 2.22. The number of pyridine rings is 1. The Morgan fingerprint density at radius 3 is 2.50 bits per heavy atom. The van der Waals surface area contributed by atoms with Gasteiger partial charge in [0.25, 0.3) is 5.56 Å². The van der Waals surface area contributed by atoms with Crippen molar-refractivity contribution >= 4 is 0 Å². The van der Waals surface area contributed by atoms with Gasteiger partial charge in [0.15, 0.2) is 5.88 Å². The first-order valence-electron chi connectivity index (χ1n) is 7.71. The molecule has 0 aliphatic carbocycles. The second kappa shape index (κ2) is 6.95. The van der Waals surface area contributed by atoms with Crippen LogP contribution in [0.15, 0.2) is 4.79 Å². The van der Waals surface area contributed by atoms with Crippen LogP contribution in [0.3, 0.4) is 0 Å². The van der Waals surface area contributed by atoms with Gasteiger partial charge in [-0.05, 0) is 45.3 Å². The summed E-state index contributed by atoms with van der Waals surface area (Å²) in [4.78, 5) is 14.5. The van der Waals surface area contributed by atoms with E-state index >= 15 is 0 Å².